The van der Waals surface area contributed by atoms with Crippen molar-refractivity contribution in [3.8, 4) is 23.0 Å². The van der Waals surface area contributed by atoms with Gasteiger partial charge in [-0.15, -0.1) is 0 Å². The van der Waals surface area contributed by atoms with Crippen molar-refractivity contribution in [1.82, 2.24) is 5.32 Å². The molecular formula is C21H25NO7. The molecule has 29 heavy (non-hydrogen) atoms. The number of carbonyl (C=O) groups excluding carboxylic acids is 1. The third kappa shape index (κ3) is 5.78. The van der Waals surface area contributed by atoms with Gasteiger partial charge in [0.1, 0.15) is 6.04 Å². The third-order valence-electron chi connectivity index (χ3n) is 4.33. The summed E-state index contributed by atoms with van der Waals surface area (Å²) in [5.74, 6) is 0.545. The number of ether oxygens (including phenoxy) is 4. The molecule has 0 bridgehead atoms. The van der Waals surface area contributed by atoms with Gasteiger partial charge in [0.05, 0.1) is 34.9 Å². The topological polar surface area (TPSA) is 103 Å². The van der Waals surface area contributed by atoms with Crippen molar-refractivity contribution >= 4 is 11.9 Å². The van der Waals surface area contributed by atoms with Crippen molar-refractivity contribution in [2.45, 2.75) is 18.9 Å². The second kappa shape index (κ2) is 10.2. The Hall–Kier alpha value is -3.42. The van der Waals surface area contributed by atoms with Crippen LogP contribution in [0.15, 0.2) is 36.4 Å². The van der Waals surface area contributed by atoms with Crippen LogP contribution in [0.1, 0.15) is 11.1 Å². The molecule has 8 nitrogen and oxygen atoms in total. The van der Waals surface area contributed by atoms with Crippen LogP contribution in [-0.2, 0) is 22.4 Å². The molecule has 0 radical (unpaired) electrons. The highest BCUT2D eigenvalue weighted by atomic mass is 16.5. The monoisotopic (exact) mass is 403 g/mol. The first-order valence-corrected chi connectivity index (χ1v) is 8.85. The molecule has 1 atom stereocenters. The molecular weight excluding hydrogens is 378 g/mol. The number of carboxylic acids is 1. The first kappa shape index (κ1) is 21.9. The smallest absolute Gasteiger partial charge is 0.326 e. The van der Waals surface area contributed by atoms with E-state index in [4.69, 9.17) is 18.9 Å². The van der Waals surface area contributed by atoms with Gasteiger partial charge in [0.25, 0.3) is 0 Å². The highest BCUT2D eigenvalue weighted by Crippen LogP contribution is 2.29. The number of aliphatic carboxylic acids is 1. The molecule has 8 heteroatoms. The summed E-state index contributed by atoms with van der Waals surface area (Å²) in [5.41, 5.74) is 1.37. The Balaban J connectivity index is 2.08. The Kier molecular flexibility index (Phi) is 7.70. The van der Waals surface area contributed by atoms with E-state index >= 15 is 0 Å². The van der Waals surface area contributed by atoms with Gasteiger partial charge in [-0.1, -0.05) is 12.1 Å². The molecule has 2 aromatic carbocycles. The number of carbonyl (C=O) groups is 2. The molecule has 0 aliphatic rings. The zero-order valence-corrected chi connectivity index (χ0v) is 16.9. The molecule has 2 N–H and O–H groups in total. The standard InChI is InChI=1S/C21H25NO7/c1-26-16-7-5-13(10-18(16)28-3)9-15(21(24)25)22-20(23)12-14-6-8-17(27-2)19(11-14)29-4/h5-8,10-11,15H,9,12H2,1-4H3,(H,22,23)(H,24,25)/t15-/m1/s1. The molecule has 1 amide bonds. The molecule has 0 fully saturated rings. The summed E-state index contributed by atoms with van der Waals surface area (Å²) < 4.78 is 20.8. The van der Waals surface area contributed by atoms with Crippen LogP contribution in [-0.4, -0.2) is 51.5 Å². The Morgan fingerprint density at radius 2 is 1.31 bits per heavy atom. The Bertz CT molecular complexity index is 866. The molecule has 2 rings (SSSR count). The molecule has 2 aromatic rings. The van der Waals surface area contributed by atoms with E-state index < -0.39 is 17.9 Å². The lowest BCUT2D eigenvalue weighted by Gasteiger charge is -2.16. The fraction of sp³-hybridized carbons (Fsp3) is 0.333. The van der Waals surface area contributed by atoms with Gasteiger partial charge >= 0.3 is 5.97 Å². The number of hydrogen-bond acceptors (Lipinski definition) is 6. The van der Waals surface area contributed by atoms with E-state index in [9.17, 15) is 14.7 Å². The first-order chi connectivity index (χ1) is 13.9. The van der Waals surface area contributed by atoms with Crippen LogP contribution in [0.5, 0.6) is 23.0 Å². The summed E-state index contributed by atoms with van der Waals surface area (Å²) in [7, 11) is 6.05. The van der Waals surface area contributed by atoms with Crippen LogP contribution in [0, 0.1) is 0 Å². The average Bonchev–Trinajstić information content (AvgIpc) is 2.72. The lowest BCUT2D eigenvalue weighted by Crippen LogP contribution is -2.43. The van der Waals surface area contributed by atoms with Crippen LogP contribution in [0.2, 0.25) is 0 Å². The Morgan fingerprint density at radius 1 is 0.828 bits per heavy atom. The molecule has 0 saturated carbocycles. The van der Waals surface area contributed by atoms with Crippen molar-refractivity contribution < 1.29 is 33.6 Å². The number of nitrogens with one attached hydrogen (secondary N) is 1. The minimum Gasteiger partial charge on any atom is -0.493 e. The zero-order chi connectivity index (χ0) is 21.4. The van der Waals surface area contributed by atoms with Crippen molar-refractivity contribution in [2.75, 3.05) is 28.4 Å². The summed E-state index contributed by atoms with van der Waals surface area (Å²) in [6, 6.07) is 9.14. The van der Waals surface area contributed by atoms with Crippen LogP contribution in [0.4, 0.5) is 0 Å². The maximum atomic E-state index is 12.4. The van der Waals surface area contributed by atoms with Crippen LogP contribution >= 0.6 is 0 Å². The summed E-state index contributed by atoms with van der Waals surface area (Å²) in [4.78, 5) is 24.1. The average molecular weight is 403 g/mol. The number of amides is 1. The maximum absolute atomic E-state index is 12.4. The van der Waals surface area contributed by atoms with Gasteiger partial charge in [-0.2, -0.15) is 0 Å². The van der Waals surface area contributed by atoms with Gasteiger partial charge in [0.15, 0.2) is 23.0 Å². The van der Waals surface area contributed by atoms with Crippen molar-refractivity contribution in [3.63, 3.8) is 0 Å². The van der Waals surface area contributed by atoms with Gasteiger partial charge in [0.2, 0.25) is 5.91 Å². The quantitative estimate of drug-likeness (QED) is 0.626. The molecule has 0 aliphatic heterocycles. The second-order valence-electron chi connectivity index (χ2n) is 6.22. The van der Waals surface area contributed by atoms with Crippen LogP contribution in [0.25, 0.3) is 0 Å². The van der Waals surface area contributed by atoms with E-state index in [0.29, 0.717) is 34.1 Å². The molecule has 0 spiro atoms. The molecule has 0 aromatic heterocycles. The molecule has 156 valence electrons. The van der Waals surface area contributed by atoms with E-state index in [0.717, 1.165) is 0 Å². The van der Waals surface area contributed by atoms with Crippen molar-refractivity contribution in [2.24, 2.45) is 0 Å². The van der Waals surface area contributed by atoms with Gasteiger partial charge in [-0.3, -0.25) is 4.79 Å². The van der Waals surface area contributed by atoms with E-state index in [1.807, 2.05) is 0 Å². The largest absolute Gasteiger partial charge is 0.493 e. The number of methoxy groups -OCH3 is 4. The SMILES string of the molecule is COc1ccc(CC(=O)N[C@H](Cc2ccc(OC)c(OC)c2)C(=O)O)cc1OC. The molecule has 0 unspecified atom stereocenters. The van der Waals surface area contributed by atoms with Gasteiger partial charge in [-0.05, 0) is 35.4 Å². The van der Waals surface area contributed by atoms with Gasteiger partial charge < -0.3 is 29.4 Å². The maximum Gasteiger partial charge on any atom is 0.326 e. The normalized spacial score (nSPS) is 11.3. The predicted octanol–water partition coefficient (Wildman–Crippen LogP) is 2.08. The second-order valence-corrected chi connectivity index (χ2v) is 6.22. The van der Waals surface area contributed by atoms with Crippen molar-refractivity contribution in [1.29, 1.82) is 0 Å². The fourth-order valence-electron chi connectivity index (χ4n) is 2.86. The highest BCUT2D eigenvalue weighted by Gasteiger charge is 2.21. The van der Waals surface area contributed by atoms with Crippen LogP contribution < -0.4 is 24.3 Å². The Morgan fingerprint density at radius 3 is 1.79 bits per heavy atom. The molecule has 0 aliphatic carbocycles. The van der Waals surface area contributed by atoms with Gasteiger partial charge in [0, 0.05) is 6.42 Å². The lowest BCUT2D eigenvalue weighted by atomic mass is 10.0. The Labute approximate surface area is 169 Å². The number of hydrogen-bond donors (Lipinski definition) is 2. The number of rotatable bonds is 10. The van der Waals surface area contributed by atoms with Crippen LogP contribution in [0.3, 0.4) is 0 Å². The van der Waals surface area contributed by atoms with E-state index in [1.165, 1.54) is 28.4 Å². The van der Waals surface area contributed by atoms with E-state index in [-0.39, 0.29) is 12.8 Å². The zero-order valence-electron chi connectivity index (χ0n) is 16.9. The minimum atomic E-state index is -1.12. The number of benzene rings is 2. The highest BCUT2D eigenvalue weighted by molar-refractivity contribution is 5.85. The summed E-state index contributed by atoms with van der Waals surface area (Å²) >= 11 is 0. The summed E-state index contributed by atoms with van der Waals surface area (Å²) in [6.45, 7) is 0. The predicted molar refractivity (Wildman–Crippen MR) is 106 cm³/mol. The van der Waals surface area contributed by atoms with Crippen molar-refractivity contribution in [3.05, 3.63) is 47.5 Å². The summed E-state index contributed by atoms with van der Waals surface area (Å²) in [6.07, 6.45) is 0.115. The third-order valence-corrected chi connectivity index (χ3v) is 4.33. The minimum absolute atomic E-state index is 0.00999. The summed E-state index contributed by atoms with van der Waals surface area (Å²) in [5, 5.41) is 12.1. The molecule has 0 heterocycles. The van der Waals surface area contributed by atoms with Gasteiger partial charge in [-0.25, -0.2) is 4.79 Å². The fourth-order valence-corrected chi connectivity index (χ4v) is 2.86. The number of carboxylic acid groups (broad SMARTS) is 1. The first-order valence-electron chi connectivity index (χ1n) is 8.85. The van der Waals surface area contributed by atoms with E-state index in [1.54, 1.807) is 36.4 Å². The molecule has 0 saturated heterocycles. The van der Waals surface area contributed by atoms with E-state index in [2.05, 4.69) is 5.32 Å². The lowest BCUT2D eigenvalue weighted by molar-refractivity contribution is -0.141.